The van der Waals surface area contributed by atoms with E-state index in [2.05, 4.69) is 24.1 Å². The smallest absolute Gasteiger partial charge is 0.142 e. The minimum Gasteiger partial charge on any atom is -0.495 e. The van der Waals surface area contributed by atoms with Crippen molar-refractivity contribution in [3.63, 3.8) is 0 Å². The van der Waals surface area contributed by atoms with E-state index in [0.717, 1.165) is 18.0 Å². The first-order chi connectivity index (χ1) is 8.86. The van der Waals surface area contributed by atoms with Crippen LogP contribution in [0.2, 0.25) is 0 Å². The van der Waals surface area contributed by atoms with Gasteiger partial charge in [-0.25, -0.2) is 0 Å². The van der Waals surface area contributed by atoms with Crippen LogP contribution in [0.15, 0.2) is 24.3 Å². The summed E-state index contributed by atoms with van der Waals surface area (Å²) in [6.07, 6.45) is 0. The van der Waals surface area contributed by atoms with E-state index in [9.17, 15) is 5.11 Å². The molecule has 19 heavy (non-hydrogen) atoms. The summed E-state index contributed by atoms with van der Waals surface area (Å²) in [5.74, 6) is 0.841. The van der Waals surface area contributed by atoms with Gasteiger partial charge < -0.3 is 20.1 Å². The number of hydrogen-bond donors (Lipinski definition) is 2. The Balaban J connectivity index is 2.43. The number of benzene rings is 1. The Labute approximate surface area is 115 Å². The summed E-state index contributed by atoms with van der Waals surface area (Å²) in [7, 11) is 1.68. The standard InChI is InChI=1S/C15H24N2O2/c1-14(2)9-16-10-15(3,18)11-17(14)12-7-5-6-8-13(12)19-4/h5-8,16,18H,9-11H2,1-4H3. The molecule has 2 N–H and O–H groups in total. The highest BCUT2D eigenvalue weighted by molar-refractivity contribution is 5.60. The second-order valence-corrected chi connectivity index (χ2v) is 6.17. The lowest BCUT2D eigenvalue weighted by molar-refractivity contribution is 0.0719. The molecule has 1 fully saturated rings. The average Bonchev–Trinajstić information content (AvgIpc) is 2.45. The molecule has 0 bridgehead atoms. The maximum atomic E-state index is 10.4. The van der Waals surface area contributed by atoms with Crippen LogP contribution < -0.4 is 15.0 Å². The first kappa shape index (κ1) is 14.2. The van der Waals surface area contributed by atoms with E-state index >= 15 is 0 Å². The summed E-state index contributed by atoms with van der Waals surface area (Å²) < 4.78 is 5.46. The lowest BCUT2D eigenvalue weighted by Crippen LogP contribution is -2.51. The van der Waals surface area contributed by atoms with Crippen molar-refractivity contribution in [1.82, 2.24) is 5.32 Å². The van der Waals surface area contributed by atoms with Gasteiger partial charge in [-0.1, -0.05) is 12.1 Å². The fraction of sp³-hybridized carbons (Fsp3) is 0.600. The Morgan fingerprint density at radius 2 is 1.89 bits per heavy atom. The first-order valence-corrected chi connectivity index (χ1v) is 6.69. The number of anilines is 1. The van der Waals surface area contributed by atoms with Crippen LogP contribution in [0.25, 0.3) is 0 Å². The Morgan fingerprint density at radius 1 is 1.21 bits per heavy atom. The second kappa shape index (κ2) is 5.02. The molecule has 0 aromatic heterocycles. The van der Waals surface area contributed by atoms with Crippen LogP contribution in [0.5, 0.6) is 5.75 Å². The van der Waals surface area contributed by atoms with Crippen LogP contribution >= 0.6 is 0 Å². The zero-order valence-electron chi connectivity index (χ0n) is 12.2. The van der Waals surface area contributed by atoms with Gasteiger partial charge in [-0.05, 0) is 32.9 Å². The van der Waals surface area contributed by atoms with Crippen molar-refractivity contribution in [1.29, 1.82) is 0 Å². The highest BCUT2D eigenvalue weighted by Gasteiger charge is 2.37. The van der Waals surface area contributed by atoms with Crippen molar-refractivity contribution in [2.45, 2.75) is 31.9 Å². The lowest BCUT2D eigenvalue weighted by atomic mass is 9.99. The first-order valence-electron chi connectivity index (χ1n) is 6.69. The molecule has 1 aliphatic rings. The van der Waals surface area contributed by atoms with E-state index in [0.29, 0.717) is 13.1 Å². The van der Waals surface area contributed by atoms with Gasteiger partial charge in [0.1, 0.15) is 5.75 Å². The minimum absolute atomic E-state index is 0.0882. The third-order valence-corrected chi connectivity index (χ3v) is 3.67. The minimum atomic E-state index is -0.755. The van der Waals surface area contributed by atoms with Gasteiger partial charge in [0.15, 0.2) is 0 Å². The predicted octanol–water partition coefficient (Wildman–Crippen LogP) is 1.63. The van der Waals surface area contributed by atoms with Crippen molar-refractivity contribution in [2.75, 3.05) is 31.6 Å². The van der Waals surface area contributed by atoms with E-state index in [-0.39, 0.29) is 5.54 Å². The van der Waals surface area contributed by atoms with Crippen LogP contribution in [0.1, 0.15) is 20.8 Å². The number of rotatable bonds is 2. The second-order valence-electron chi connectivity index (χ2n) is 6.17. The summed E-state index contributed by atoms with van der Waals surface area (Å²) in [5, 5.41) is 13.8. The van der Waals surface area contributed by atoms with Gasteiger partial charge in [-0.2, -0.15) is 0 Å². The molecule has 1 aliphatic heterocycles. The Hall–Kier alpha value is -1.26. The number of nitrogens with zero attached hydrogens (tertiary/aromatic N) is 1. The maximum Gasteiger partial charge on any atom is 0.142 e. The monoisotopic (exact) mass is 264 g/mol. The summed E-state index contributed by atoms with van der Waals surface area (Å²) in [5.41, 5.74) is 0.183. The van der Waals surface area contributed by atoms with Crippen LogP contribution in [-0.4, -0.2) is 43.0 Å². The average molecular weight is 264 g/mol. The van der Waals surface area contributed by atoms with Crippen molar-refractivity contribution >= 4 is 5.69 Å². The number of para-hydroxylation sites is 2. The Kier molecular flexibility index (Phi) is 3.74. The number of β-amino-alcohol motifs (C(OH)–C–C–N with tert-alkyl or cyclic N) is 1. The topological polar surface area (TPSA) is 44.7 Å². The van der Waals surface area contributed by atoms with E-state index in [1.165, 1.54) is 0 Å². The van der Waals surface area contributed by atoms with Crippen LogP contribution in [0, 0.1) is 0 Å². The molecule has 1 atom stereocenters. The van der Waals surface area contributed by atoms with Crippen molar-refractivity contribution < 1.29 is 9.84 Å². The largest absolute Gasteiger partial charge is 0.495 e. The summed E-state index contributed by atoms with van der Waals surface area (Å²) in [6, 6.07) is 7.96. The van der Waals surface area contributed by atoms with Crippen LogP contribution in [-0.2, 0) is 0 Å². The summed E-state index contributed by atoms with van der Waals surface area (Å²) in [4.78, 5) is 2.23. The van der Waals surface area contributed by atoms with E-state index in [1.807, 2.05) is 31.2 Å². The third-order valence-electron chi connectivity index (χ3n) is 3.67. The summed E-state index contributed by atoms with van der Waals surface area (Å²) >= 11 is 0. The highest BCUT2D eigenvalue weighted by atomic mass is 16.5. The van der Waals surface area contributed by atoms with E-state index in [4.69, 9.17) is 4.74 Å². The molecule has 0 amide bonds. The van der Waals surface area contributed by atoms with Crippen LogP contribution in [0.3, 0.4) is 0 Å². The maximum absolute atomic E-state index is 10.4. The zero-order valence-corrected chi connectivity index (χ0v) is 12.2. The molecule has 1 saturated heterocycles. The normalized spacial score (nSPS) is 26.9. The number of hydrogen-bond acceptors (Lipinski definition) is 4. The van der Waals surface area contributed by atoms with Crippen molar-refractivity contribution in [3.8, 4) is 5.75 Å². The van der Waals surface area contributed by atoms with Gasteiger partial charge in [-0.3, -0.25) is 0 Å². The molecule has 1 aromatic carbocycles. The Morgan fingerprint density at radius 3 is 2.58 bits per heavy atom. The predicted molar refractivity (Wildman–Crippen MR) is 77.9 cm³/mol. The zero-order chi connectivity index (χ0) is 14.1. The third kappa shape index (κ3) is 3.01. The highest BCUT2D eigenvalue weighted by Crippen LogP contribution is 2.34. The number of nitrogens with one attached hydrogen (secondary N) is 1. The molecule has 0 radical (unpaired) electrons. The van der Waals surface area contributed by atoms with Gasteiger partial charge >= 0.3 is 0 Å². The lowest BCUT2D eigenvalue weighted by Gasteiger charge is -2.41. The van der Waals surface area contributed by atoms with Gasteiger partial charge in [0, 0.05) is 25.2 Å². The van der Waals surface area contributed by atoms with Crippen molar-refractivity contribution in [2.24, 2.45) is 0 Å². The molecule has 0 spiro atoms. The molecule has 1 unspecified atom stereocenters. The molecule has 4 heteroatoms. The van der Waals surface area contributed by atoms with E-state index in [1.54, 1.807) is 7.11 Å². The fourth-order valence-corrected chi connectivity index (χ4v) is 2.61. The Bertz CT molecular complexity index is 444. The summed E-state index contributed by atoms with van der Waals surface area (Å²) in [6.45, 7) is 8.21. The molecule has 106 valence electrons. The van der Waals surface area contributed by atoms with Gasteiger partial charge in [0.05, 0.1) is 18.4 Å². The van der Waals surface area contributed by atoms with Gasteiger partial charge in [0.2, 0.25) is 0 Å². The quantitative estimate of drug-likeness (QED) is 0.852. The molecular weight excluding hydrogens is 240 g/mol. The number of methoxy groups -OCH3 is 1. The molecule has 2 rings (SSSR count). The molecular formula is C15H24N2O2. The SMILES string of the molecule is COc1ccccc1N1CC(C)(O)CNCC1(C)C. The van der Waals surface area contributed by atoms with E-state index < -0.39 is 5.60 Å². The molecule has 0 aliphatic carbocycles. The van der Waals surface area contributed by atoms with Gasteiger partial charge in [0.25, 0.3) is 0 Å². The van der Waals surface area contributed by atoms with Crippen LogP contribution in [0.4, 0.5) is 5.69 Å². The molecule has 0 saturated carbocycles. The number of aliphatic hydroxyl groups is 1. The fourth-order valence-electron chi connectivity index (χ4n) is 2.61. The molecule has 1 heterocycles. The van der Waals surface area contributed by atoms with Crippen molar-refractivity contribution in [3.05, 3.63) is 24.3 Å². The number of ether oxygens (including phenoxy) is 1. The molecule has 1 aromatic rings. The molecule has 4 nitrogen and oxygen atoms in total. The van der Waals surface area contributed by atoms with Gasteiger partial charge in [-0.15, -0.1) is 0 Å².